The molecule has 0 amide bonds. The molecule has 1 aliphatic rings. The van der Waals surface area contributed by atoms with E-state index in [-0.39, 0.29) is 6.10 Å². The van der Waals surface area contributed by atoms with Gasteiger partial charge in [-0.15, -0.1) is 0 Å². The molecule has 4 nitrogen and oxygen atoms in total. The maximum atomic E-state index is 9.75. The Labute approximate surface area is 85.2 Å². The van der Waals surface area contributed by atoms with Crippen LogP contribution in [0.1, 0.15) is 12.8 Å². The van der Waals surface area contributed by atoms with Gasteiger partial charge in [-0.25, -0.2) is 0 Å². The fourth-order valence-electron chi connectivity index (χ4n) is 1.58. The minimum absolute atomic E-state index is 0.339. The van der Waals surface area contributed by atoms with Gasteiger partial charge in [0, 0.05) is 20.3 Å². The zero-order chi connectivity index (χ0) is 10.2. The van der Waals surface area contributed by atoms with Gasteiger partial charge < -0.3 is 19.3 Å². The van der Waals surface area contributed by atoms with Gasteiger partial charge in [-0.2, -0.15) is 0 Å². The van der Waals surface area contributed by atoms with Crippen LogP contribution in [0.15, 0.2) is 0 Å². The largest absolute Gasteiger partial charge is 0.390 e. The van der Waals surface area contributed by atoms with Crippen molar-refractivity contribution in [3.8, 4) is 0 Å². The van der Waals surface area contributed by atoms with Crippen molar-refractivity contribution >= 4 is 0 Å². The lowest BCUT2D eigenvalue weighted by Gasteiger charge is -2.26. The molecule has 1 rings (SSSR count). The first-order valence-corrected chi connectivity index (χ1v) is 5.17. The monoisotopic (exact) mass is 204 g/mol. The molecule has 4 heteroatoms. The first-order valence-electron chi connectivity index (χ1n) is 5.17. The maximum absolute atomic E-state index is 9.75. The van der Waals surface area contributed by atoms with Gasteiger partial charge in [0.15, 0.2) is 0 Å². The number of ether oxygens (including phenoxy) is 3. The summed E-state index contributed by atoms with van der Waals surface area (Å²) in [6.45, 7) is 3.07. The Kier molecular flexibility index (Phi) is 6.10. The number of aliphatic hydroxyl groups is 1. The smallest absolute Gasteiger partial charge is 0.0803 e. The molecule has 0 saturated carbocycles. The van der Waals surface area contributed by atoms with Gasteiger partial charge in [0.25, 0.3) is 0 Å². The third-order valence-electron chi connectivity index (χ3n) is 2.53. The van der Waals surface area contributed by atoms with E-state index >= 15 is 0 Å². The van der Waals surface area contributed by atoms with Gasteiger partial charge in [-0.1, -0.05) is 0 Å². The molecule has 1 saturated heterocycles. The summed E-state index contributed by atoms with van der Waals surface area (Å²) < 4.78 is 15.3. The van der Waals surface area contributed by atoms with Gasteiger partial charge in [0.2, 0.25) is 0 Å². The van der Waals surface area contributed by atoms with Crippen molar-refractivity contribution in [3.63, 3.8) is 0 Å². The quantitative estimate of drug-likeness (QED) is 0.638. The summed E-state index contributed by atoms with van der Waals surface area (Å²) in [4.78, 5) is 0. The summed E-state index contributed by atoms with van der Waals surface area (Å²) >= 11 is 0. The standard InChI is InChI=1S/C10H20O4/c1-12-6-7-14-8-10(11)9-2-4-13-5-3-9/h9-11H,2-8H2,1H3. The van der Waals surface area contributed by atoms with Crippen molar-refractivity contribution in [2.75, 3.05) is 40.1 Å². The van der Waals surface area contributed by atoms with Gasteiger partial charge in [0.05, 0.1) is 25.9 Å². The van der Waals surface area contributed by atoms with Gasteiger partial charge >= 0.3 is 0 Å². The Hall–Kier alpha value is -0.160. The summed E-state index contributed by atoms with van der Waals surface area (Å²) in [6, 6.07) is 0. The summed E-state index contributed by atoms with van der Waals surface area (Å²) in [6.07, 6.45) is 1.53. The van der Waals surface area contributed by atoms with Crippen molar-refractivity contribution in [2.45, 2.75) is 18.9 Å². The fourth-order valence-corrected chi connectivity index (χ4v) is 1.58. The molecule has 0 aromatic rings. The van der Waals surface area contributed by atoms with Gasteiger partial charge in [-0.05, 0) is 18.8 Å². The van der Waals surface area contributed by atoms with Gasteiger partial charge in [0.1, 0.15) is 0 Å². The van der Waals surface area contributed by atoms with Crippen LogP contribution in [-0.4, -0.2) is 51.4 Å². The molecule has 0 bridgehead atoms. The molecule has 1 unspecified atom stereocenters. The van der Waals surface area contributed by atoms with Crippen LogP contribution in [0.4, 0.5) is 0 Å². The lowest BCUT2D eigenvalue weighted by Crippen LogP contribution is -2.31. The molecule has 1 fully saturated rings. The highest BCUT2D eigenvalue weighted by molar-refractivity contribution is 4.71. The average molecular weight is 204 g/mol. The molecule has 0 radical (unpaired) electrons. The number of aliphatic hydroxyl groups excluding tert-OH is 1. The van der Waals surface area contributed by atoms with E-state index in [9.17, 15) is 5.11 Å². The number of rotatable bonds is 6. The molecule has 0 aliphatic carbocycles. The molecule has 1 atom stereocenters. The fraction of sp³-hybridized carbons (Fsp3) is 1.00. The summed E-state index contributed by atoms with van der Waals surface area (Å²) in [5.41, 5.74) is 0. The van der Waals surface area contributed by atoms with Crippen LogP contribution < -0.4 is 0 Å². The normalized spacial score (nSPS) is 21.0. The minimum Gasteiger partial charge on any atom is -0.390 e. The van der Waals surface area contributed by atoms with Crippen molar-refractivity contribution in [1.82, 2.24) is 0 Å². The molecule has 1 N–H and O–H groups in total. The lowest BCUT2D eigenvalue weighted by molar-refractivity contribution is -0.0416. The van der Waals surface area contributed by atoms with Crippen molar-refractivity contribution < 1.29 is 19.3 Å². The van der Waals surface area contributed by atoms with Crippen molar-refractivity contribution in [1.29, 1.82) is 0 Å². The third kappa shape index (κ3) is 4.37. The third-order valence-corrected chi connectivity index (χ3v) is 2.53. The van der Waals surface area contributed by atoms with Crippen LogP contribution in [-0.2, 0) is 14.2 Å². The second kappa shape index (κ2) is 7.17. The highest BCUT2D eigenvalue weighted by atomic mass is 16.5. The highest BCUT2D eigenvalue weighted by Gasteiger charge is 2.21. The molecule has 0 aromatic heterocycles. The van der Waals surface area contributed by atoms with E-state index in [0.717, 1.165) is 26.1 Å². The Morgan fingerprint density at radius 3 is 2.71 bits per heavy atom. The summed E-state index contributed by atoms with van der Waals surface area (Å²) in [5.74, 6) is 0.339. The topological polar surface area (TPSA) is 47.9 Å². The molecule has 14 heavy (non-hydrogen) atoms. The maximum Gasteiger partial charge on any atom is 0.0803 e. The zero-order valence-corrected chi connectivity index (χ0v) is 8.78. The first-order chi connectivity index (χ1) is 6.84. The van der Waals surface area contributed by atoms with Crippen LogP contribution in [0.2, 0.25) is 0 Å². The molecule has 1 aliphatic heterocycles. The van der Waals surface area contributed by atoms with Crippen LogP contribution in [0.3, 0.4) is 0 Å². The molecular weight excluding hydrogens is 184 g/mol. The van der Waals surface area contributed by atoms with Crippen LogP contribution >= 0.6 is 0 Å². The van der Waals surface area contributed by atoms with Crippen molar-refractivity contribution in [2.24, 2.45) is 5.92 Å². The average Bonchev–Trinajstić information content (AvgIpc) is 2.25. The van der Waals surface area contributed by atoms with E-state index in [0.29, 0.717) is 25.7 Å². The second-order valence-electron chi connectivity index (χ2n) is 3.58. The Morgan fingerprint density at radius 1 is 1.36 bits per heavy atom. The Morgan fingerprint density at radius 2 is 2.07 bits per heavy atom. The summed E-state index contributed by atoms with van der Waals surface area (Å²) in [7, 11) is 1.64. The van der Waals surface area contributed by atoms with E-state index in [2.05, 4.69) is 0 Å². The zero-order valence-electron chi connectivity index (χ0n) is 8.78. The van der Waals surface area contributed by atoms with E-state index < -0.39 is 0 Å². The molecule has 0 spiro atoms. The van der Waals surface area contributed by atoms with Crippen molar-refractivity contribution in [3.05, 3.63) is 0 Å². The number of hydrogen-bond donors (Lipinski definition) is 1. The van der Waals surface area contributed by atoms with Crippen LogP contribution in [0.25, 0.3) is 0 Å². The molecular formula is C10H20O4. The molecule has 0 aromatic carbocycles. The van der Waals surface area contributed by atoms with Gasteiger partial charge in [-0.3, -0.25) is 0 Å². The van der Waals surface area contributed by atoms with E-state index in [1.807, 2.05) is 0 Å². The molecule has 84 valence electrons. The number of methoxy groups -OCH3 is 1. The first kappa shape index (κ1) is 11.9. The van der Waals surface area contributed by atoms with Crippen LogP contribution in [0, 0.1) is 5.92 Å². The van der Waals surface area contributed by atoms with Crippen LogP contribution in [0.5, 0.6) is 0 Å². The summed E-state index contributed by atoms with van der Waals surface area (Å²) in [5, 5.41) is 9.75. The number of hydrogen-bond acceptors (Lipinski definition) is 4. The highest BCUT2D eigenvalue weighted by Crippen LogP contribution is 2.18. The SMILES string of the molecule is COCCOCC(O)C1CCOCC1. The predicted molar refractivity (Wildman–Crippen MR) is 52.2 cm³/mol. The predicted octanol–water partition coefficient (Wildman–Crippen LogP) is 0.437. The Balaban J connectivity index is 2.04. The lowest BCUT2D eigenvalue weighted by atomic mass is 9.94. The van der Waals surface area contributed by atoms with E-state index in [1.54, 1.807) is 7.11 Å². The van der Waals surface area contributed by atoms with E-state index in [1.165, 1.54) is 0 Å². The molecule has 1 heterocycles. The Bertz CT molecular complexity index is 134. The minimum atomic E-state index is -0.351. The van der Waals surface area contributed by atoms with E-state index in [4.69, 9.17) is 14.2 Å². The second-order valence-corrected chi connectivity index (χ2v) is 3.58.